The molecule has 0 saturated carbocycles. The Morgan fingerprint density at radius 1 is 1.30 bits per heavy atom. The Bertz CT molecular complexity index is 902. The van der Waals surface area contributed by atoms with E-state index in [-0.39, 0.29) is 18.5 Å². The van der Waals surface area contributed by atoms with Crippen LogP contribution in [0.15, 0.2) is 24.3 Å². The number of amides is 1. The molecule has 0 aliphatic carbocycles. The molecule has 0 spiro atoms. The minimum Gasteiger partial charge on any atom is -0.459 e. The Hall–Kier alpha value is -3.03. The number of esters is 1. The normalized spacial score (nSPS) is 12.6. The summed E-state index contributed by atoms with van der Waals surface area (Å²) in [6.07, 6.45) is 0.229. The summed E-state index contributed by atoms with van der Waals surface area (Å²) in [4.78, 5) is 38.8. The van der Waals surface area contributed by atoms with Crippen LogP contribution in [-0.4, -0.2) is 27.4 Å². The van der Waals surface area contributed by atoms with Gasteiger partial charge in [-0.05, 0) is 51.8 Å². The maximum atomic E-state index is 12.7. The Balaban J connectivity index is 2.49. The number of carbonyl (C=O) groups is 2. The minimum absolute atomic E-state index is 0.0294. The molecule has 2 aromatic rings. The van der Waals surface area contributed by atoms with E-state index >= 15 is 0 Å². The van der Waals surface area contributed by atoms with Crippen molar-refractivity contribution in [3.8, 4) is 0 Å². The fraction of sp³-hybridized carbons (Fsp3) is 0.421. The molecule has 1 unspecified atom stereocenters. The van der Waals surface area contributed by atoms with Crippen LogP contribution < -0.4 is 5.73 Å². The van der Waals surface area contributed by atoms with Gasteiger partial charge in [-0.15, -0.1) is 0 Å². The summed E-state index contributed by atoms with van der Waals surface area (Å²) in [6.45, 7) is 7.01. The summed E-state index contributed by atoms with van der Waals surface area (Å²) in [5.41, 5.74) is 6.14. The van der Waals surface area contributed by atoms with E-state index in [2.05, 4.69) is 4.98 Å². The van der Waals surface area contributed by atoms with Crippen LogP contribution in [0, 0.1) is 17.0 Å². The number of fused-ring (bicyclic) bond motifs is 1. The quantitative estimate of drug-likeness (QED) is 0.471. The highest BCUT2D eigenvalue weighted by molar-refractivity contribution is 5.85. The number of nitrogens with two attached hydrogens (primary N) is 1. The smallest absolute Gasteiger partial charge is 0.314 e. The lowest BCUT2D eigenvalue weighted by molar-refractivity contribution is -0.384. The fourth-order valence-electron chi connectivity index (χ4n) is 2.79. The first kappa shape index (κ1) is 20.3. The summed E-state index contributed by atoms with van der Waals surface area (Å²) in [6, 6.07) is 6.12. The van der Waals surface area contributed by atoms with Gasteiger partial charge in [0.25, 0.3) is 5.69 Å². The van der Waals surface area contributed by atoms with E-state index in [0.717, 1.165) is 0 Å². The number of nitro groups is 1. The van der Waals surface area contributed by atoms with Crippen LogP contribution in [0.3, 0.4) is 0 Å². The molecule has 144 valence electrons. The third-order valence-corrected chi connectivity index (χ3v) is 3.99. The van der Waals surface area contributed by atoms with E-state index in [9.17, 15) is 19.7 Å². The zero-order valence-corrected chi connectivity index (χ0v) is 15.8. The van der Waals surface area contributed by atoms with Gasteiger partial charge in [-0.2, -0.15) is 0 Å². The average molecular weight is 373 g/mol. The number of aromatic nitrogens is 1. The highest BCUT2D eigenvalue weighted by atomic mass is 16.6. The molecule has 1 atom stereocenters. The first-order valence-electron chi connectivity index (χ1n) is 8.55. The van der Waals surface area contributed by atoms with Crippen molar-refractivity contribution in [3.05, 3.63) is 45.6 Å². The topological polar surface area (TPSA) is 125 Å². The van der Waals surface area contributed by atoms with Crippen molar-refractivity contribution in [2.75, 3.05) is 0 Å². The number of hydrogen-bond donors (Lipinski definition) is 1. The Morgan fingerprint density at radius 3 is 2.52 bits per heavy atom. The van der Waals surface area contributed by atoms with E-state index in [0.29, 0.717) is 22.2 Å². The maximum absolute atomic E-state index is 12.7. The molecule has 1 amide bonds. The summed E-state index contributed by atoms with van der Waals surface area (Å²) >= 11 is 0. The van der Waals surface area contributed by atoms with Crippen LogP contribution in [0.4, 0.5) is 5.69 Å². The molecule has 0 aliphatic rings. The number of primary amides is 1. The lowest BCUT2D eigenvalue weighted by Crippen LogP contribution is -2.29. The van der Waals surface area contributed by atoms with Gasteiger partial charge in [0.15, 0.2) is 0 Å². The van der Waals surface area contributed by atoms with Crippen molar-refractivity contribution in [3.63, 3.8) is 0 Å². The lowest BCUT2D eigenvalue weighted by Gasteiger charge is -2.25. The molecule has 0 bridgehead atoms. The number of ether oxygens (including phenoxy) is 1. The van der Waals surface area contributed by atoms with Gasteiger partial charge in [0, 0.05) is 29.6 Å². The SMILES string of the molecule is Cc1nc2cc([N+](=O)[O-])ccc2cc1C(CCC(N)=O)C(=O)OC(C)(C)C. The molecular weight excluding hydrogens is 350 g/mol. The molecule has 8 nitrogen and oxygen atoms in total. The number of nitro benzene ring substituents is 1. The Labute approximate surface area is 156 Å². The van der Waals surface area contributed by atoms with Crippen LogP contribution >= 0.6 is 0 Å². The summed E-state index contributed by atoms with van der Waals surface area (Å²) in [7, 11) is 0. The van der Waals surface area contributed by atoms with E-state index < -0.39 is 28.3 Å². The monoisotopic (exact) mass is 373 g/mol. The molecule has 1 aromatic heterocycles. The van der Waals surface area contributed by atoms with Crippen LogP contribution in [0.1, 0.15) is 50.8 Å². The highest BCUT2D eigenvalue weighted by Crippen LogP contribution is 2.30. The molecule has 0 saturated heterocycles. The summed E-state index contributed by atoms with van der Waals surface area (Å²) in [5, 5.41) is 11.6. The number of benzene rings is 1. The van der Waals surface area contributed by atoms with Crippen LogP contribution in [0.5, 0.6) is 0 Å². The van der Waals surface area contributed by atoms with Crippen LogP contribution in [0.25, 0.3) is 10.9 Å². The van der Waals surface area contributed by atoms with Crippen molar-refractivity contribution in [2.45, 2.75) is 52.1 Å². The van der Waals surface area contributed by atoms with Crippen molar-refractivity contribution >= 4 is 28.5 Å². The minimum atomic E-state index is -0.705. The van der Waals surface area contributed by atoms with Gasteiger partial charge in [-0.1, -0.05) is 0 Å². The zero-order chi connectivity index (χ0) is 20.4. The zero-order valence-electron chi connectivity index (χ0n) is 15.8. The predicted molar refractivity (Wildman–Crippen MR) is 100 cm³/mol. The van der Waals surface area contributed by atoms with Crippen LogP contribution in [0.2, 0.25) is 0 Å². The Kier molecular flexibility index (Phi) is 5.78. The highest BCUT2D eigenvalue weighted by Gasteiger charge is 2.29. The number of rotatable bonds is 6. The van der Waals surface area contributed by atoms with Crippen LogP contribution in [-0.2, 0) is 14.3 Å². The molecular formula is C19H23N3O5. The van der Waals surface area contributed by atoms with Gasteiger partial charge in [-0.25, -0.2) is 0 Å². The second-order valence-corrected chi connectivity index (χ2v) is 7.39. The van der Waals surface area contributed by atoms with Crippen molar-refractivity contribution in [1.82, 2.24) is 4.98 Å². The Morgan fingerprint density at radius 2 is 1.96 bits per heavy atom. The summed E-state index contributed by atoms with van der Waals surface area (Å²) in [5.74, 6) is -1.68. The second-order valence-electron chi connectivity index (χ2n) is 7.39. The molecule has 0 fully saturated rings. The predicted octanol–water partition coefficient (Wildman–Crippen LogP) is 3.14. The molecule has 1 heterocycles. The number of pyridine rings is 1. The number of non-ortho nitro benzene ring substituents is 1. The van der Waals surface area contributed by atoms with Crippen molar-refractivity contribution < 1.29 is 19.2 Å². The van der Waals surface area contributed by atoms with E-state index in [1.165, 1.54) is 12.1 Å². The second kappa shape index (κ2) is 7.69. The van der Waals surface area contributed by atoms with Crippen molar-refractivity contribution in [2.24, 2.45) is 5.73 Å². The molecule has 2 N–H and O–H groups in total. The fourth-order valence-corrected chi connectivity index (χ4v) is 2.79. The summed E-state index contributed by atoms with van der Waals surface area (Å²) < 4.78 is 5.50. The molecule has 0 radical (unpaired) electrons. The van der Waals surface area contributed by atoms with Gasteiger partial charge in [-0.3, -0.25) is 24.7 Å². The first-order valence-corrected chi connectivity index (χ1v) is 8.55. The molecule has 27 heavy (non-hydrogen) atoms. The van der Waals surface area contributed by atoms with Gasteiger partial charge < -0.3 is 10.5 Å². The number of carbonyl (C=O) groups excluding carboxylic acids is 2. The average Bonchev–Trinajstić information content (AvgIpc) is 2.52. The number of aryl methyl sites for hydroxylation is 1. The van der Waals surface area contributed by atoms with Gasteiger partial charge >= 0.3 is 5.97 Å². The molecule has 2 rings (SSSR count). The number of nitrogens with zero attached hydrogens (tertiary/aromatic N) is 2. The van der Waals surface area contributed by atoms with Crippen molar-refractivity contribution in [1.29, 1.82) is 0 Å². The van der Waals surface area contributed by atoms with E-state index in [1.807, 2.05) is 0 Å². The lowest BCUT2D eigenvalue weighted by atomic mass is 9.91. The molecule has 1 aromatic carbocycles. The van der Waals surface area contributed by atoms with Gasteiger partial charge in [0.2, 0.25) is 5.91 Å². The first-order chi connectivity index (χ1) is 12.5. The molecule has 8 heteroatoms. The third kappa shape index (κ3) is 5.22. The number of hydrogen-bond acceptors (Lipinski definition) is 6. The molecule has 0 aliphatic heterocycles. The van der Waals surface area contributed by atoms with Gasteiger partial charge in [0.05, 0.1) is 16.4 Å². The largest absolute Gasteiger partial charge is 0.459 e. The van der Waals surface area contributed by atoms with E-state index in [4.69, 9.17) is 10.5 Å². The van der Waals surface area contributed by atoms with E-state index in [1.54, 1.807) is 39.8 Å². The third-order valence-electron chi connectivity index (χ3n) is 3.99. The standard InChI is InChI=1S/C19H23N3O5/c1-11-15(9-12-5-6-13(22(25)26)10-16(12)21-11)14(7-8-17(20)23)18(24)27-19(2,3)4/h5-6,9-10,14H,7-8H2,1-4H3,(H2,20,23). The maximum Gasteiger partial charge on any atom is 0.314 e. The van der Waals surface area contributed by atoms with Gasteiger partial charge in [0.1, 0.15) is 5.60 Å².